The molecule has 88 valence electrons. The summed E-state index contributed by atoms with van der Waals surface area (Å²) in [7, 11) is 0. The second-order valence-electron chi connectivity index (χ2n) is 3.45. The minimum Gasteiger partial charge on any atom is -0.326 e. The van der Waals surface area contributed by atoms with Gasteiger partial charge in [0.1, 0.15) is 5.82 Å². The minimum atomic E-state index is -0.460. The lowest BCUT2D eigenvalue weighted by atomic mass is 10.3. The van der Waals surface area contributed by atoms with E-state index in [1.165, 1.54) is 12.1 Å². The third kappa shape index (κ3) is 2.65. The van der Waals surface area contributed by atoms with E-state index in [0.717, 1.165) is 0 Å². The SMILES string of the molecule is C=CCn1ccnc1Nc1ccc(Cl)c(F)c1. The first-order chi connectivity index (χ1) is 8.20. The van der Waals surface area contributed by atoms with Gasteiger partial charge < -0.3 is 9.88 Å². The predicted octanol–water partition coefficient (Wildman–Crippen LogP) is 3.61. The van der Waals surface area contributed by atoms with E-state index in [0.29, 0.717) is 18.2 Å². The number of rotatable bonds is 4. The summed E-state index contributed by atoms with van der Waals surface area (Å²) < 4.78 is 15.1. The van der Waals surface area contributed by atoms with E-state index >= 15 is 0 Å². The molecule has 1 N–H and O–H groups in total. The van der Waals surface area contributed by atoms with E-state index in [1.807, 2.05) is 10.8 Å². The van der Waals surface area contributed by atoms with Crippen molar-refractivity contribution in [1.29, 1.82) is 0 Å². The number of nitrogens with zero attached hydrogens (tertiary/aromatic N) is 2. The Balaban J connectivity index is 2.22. The van der Waals surface area contributed by atoms with Gasteiger partial charge in [-0.25, -0.2) is 9.37 Å². The average molecular weight is 252 g/mol. The van der Waals surface area contributed by atoms with E-state index in [9.17, 15) is 4.39 Å². The largest absolute Gasteiger partial charge is 0.326 e. The van der Waals surface area contributed by atoms with Crippen LogP contribution in [0.25, 0.3) is 0 Å². The Morgan fingerprint density at radius 3 is 3.06 bits per heavy atom. The number of anilines is 2. The molecule has 0 atom stereocenters. The van der Waals surface area contributed by atoms with Crippen molar-refractivity contribution in [3.8, 4) is 0 Å². The fraction of sp³-hybridized carbons (Fsp3) is 0.0833. The Kier molecular flexibility index (Phi) is 3.44. The van der Waals surface area contributed by atoms with Crippen molar-refractivity contribution in [2.24, 2.45) is 0 Å². The quantitative estimate of drug-likeness (QED) is 0.842. The summed E-state index contributed by atoms with van der Waals surface area (Å²) >= 11 is 5.61. The number of benzene rings is 1. The van der Waals surface area contributed by atoms with Crippen molar-refractivity contribution in [2.45, 2.75) is 6.54 Å². The Bertz CT molecular complexity index is 536. The maximum atomic E-state index is 13.2. The Labute approximate surface area is 104 Å². The lowest BCUT2D eigenvalue weighted by molar-refractivity contribution is 0.629. The molecule has 17 heavy (non-hydrogen) atoms. The number of hydrogen-bond acceptors (Lipinski definition) is 2. The molecule has 0 unspecified atom stereocenters. The maximum absolute atomic E-state index is 13.2. The van der Waals surface area contributed by atoms with Crippen LogP contribution in [0.15, 0.2) is 43.2 Å². The molecule has 2 aromatic rings. The fourth-order valence-corrected chi connectivity index (χ4v) is 1.54. The number of hydrogen-bond donors (Lipinski definition) is 1. The highest BCUT2D eigenvalue weighted by atomic mass is 35.5. The van der Waals surface area contributed by atoms with Crippen molar-refractivity contribution in [1.82, 2.24) is 9.55 Å². The average Bonchev–Trinajstić information content (AvgIpc) is 2.72. The van der Waals surface area contributed by atoms with Gasteiger partial charge in [0.05, 0.1) is 5.02 Å². The Morgan fingerprint density at radius 2 is 2.35 bits per heavy atom. The zero-order valence-corrected chi connectivity index (χ0v) is 9.78. The zero-order valence-electron chi connectivity index (χ0n) is 9.03. The summed E-state index contributed by atoms with van der Waals surface area (Å²) in [6, 6.07) is 4.52. The molecule has 3 nitrogen and oxygen atoms in total. The Hall–Kier alpha value is -1.81. The molecule has 1 aromatic carbocycles. The summed E-state index contributed by atoms with van der Waals surface area (Å²) in [5.74, 6) is 0.171. The molecule has 0 aliphatic rings. The molecule has 2 rings (SSSR count). The molecule has 0 amide bonds. The molecular formula is C12H11ClFN3. The van der Waals surface area contributed by atoms with E-state index in [4.69, 9.17) is 11.6 Å². The van der Waals surface area contributed by atoms with Gasteiger partial charge >= 0.3 is 0 Å². The number of halogens is 2. The number of aromatic nitrogens is 2. The van der Waals surface area contributed by atoms with Gasteiger partial charge in [0.25, 0.3) is 0 Å². The minimum absolute atomic E-state index is 0.102. The highest BCUT2D eigenvalue weighted by molar-refractivity contribution is 6.30. The molecule has 1 heterocycles. The van der Waals surface area contributed by atoms with Crippen LogP contribution >= 0.6 is 11.6 Å². The van der Waals surface area contributed by atoms with Gasteiger partial charge in [0.2, 0.25) is 5.95 Å². The summed E-state index contributed by atoms with van der Waals surface area (Å²) in [6.07, 6.45) is 5.24. The Morgan fingerprint density at radius 1 is 1.53 bits per heavy atom. The van der Waals surface area contributed by atoms with Crippen molar-refractivity contribution in [3.05, 3.63) is 54.1 Å². The van der Waals surface area contributed by atoms with Crippen LogP contribution in [-0.2, 0) is 6.54 Å². The van der Waals surface area contributed by atoms with Gasteiger partial charge in [-0.2, -0.15) is 0 Å². The molecule has 0 bridgehead atoms. The molecule has 1 aromatic heterocycles. The zero-order chi connectivity index (χ0) is 12.3. The van der Waals surface area contributed by atoms with E-state index in [2.05, 4.69) is 16.9 Å². The summed E-state index contributed by atoms with van der Waals surface area (Å²) in [6.45, 7) is 4.29. The predicted molar refractivity (Wildman–Crippen MR) is 67.1 cm³/mol. The monoisotopic (exact) mass is 251 g/mol. The van der Waals surface area contributed by atoms with Gasteiger partial charge in [-0.05, 0) is 18.2 Å². The normalized spacial score (nSPS) is 10.2. The van der Waals surface area contributed by atoms with Crippen LogP contribution in [0, 0.1) is 5.82 Å². The lowest BCUT2D eigenvalue weighted by Gasteiger charge is -2.08. The molecular weight excluding hydrogens is 241 g/mol. The van der Waals surface area contributed by atoms with Gasteiger partial charge in [-0.15, -0.1) is 6.58 Å². The van der Waals surface area contributed by atoms with Crippen molar-refractivity contribution >= 4 is 23.2 Å². The van der Waals surface area contributed by atoms with Gasteiger partial charge in [-0.1, -0.05) is 17.7 Å². The number of imidazole rings is 1. The standard InChI is InChI=1S/C12H11ClFN3/c1-2-6-17-7-5-15-12(17)16-9-3-4-10(13)11(14)8-9/h2-5,7-8H,1,6H2,(H,15,16). The number of allylic oxidation sites excluding steroid dienone is 1. The molecule has 0 spiro atoms. The van der Waals surface area contributed by atoms with E-state index < -0.39 is 5.82 Å². The van der Waals surface area contributed by atoms with Gasteiger partial charge in [0, 0.05) is 24.6 Å². The van der Waals surface area contributed by atoms with Crippen LogP contribution in [0.3, 0.4) is 0 Å². The lowest BCUT2D eigenvalue weighted by Crippen LogP contribution is -2.02. The molecule has 0 aliphatic carbocycles. The van der Waals surface area contributed by atoms with Crippen LogP contribution in [0.5, 0.6) is 0 Å². The van der Waals surface area contributed by atoms with Crippen molar-refractivity contribution in [3.63, 3.8) is 0 Å². The van der Waals surface area contributed by atoms with Crippen LogP contribution in [0.4, 0.5) is 16.0 Å². The molecule has 0 saturated carbocycles. The van der Waals surface area contributed by atoms with Crippen molar-refractivity contribution in [2.75, 3.05) is 5.32 Å². The van der Waals surface area contributed by atoms with Crippen LogP contribution in [0.1, 0.15) is 0 Å². The summed E-state index contributed by atoms with van der Waals surface area (Å²) in [5.41, 5.74) is 0.600. The molecule has 0 radical (unpaired) electrons. The molecule has 0 aliphatic heterocycles. The third-order valence-electron chi connectivity index (χ3n) is 2.22. The molecule has 0 saturated heterocycles. The van der Waals surface area contributed by atoms with Crippen LogP contribution in [0.2, 0.25) is 5.02 Å². The molecule has 0 fully saturated rings. The van der Waals surface area contributed by atoms with E-state index in [1.54, 1.807) is 18.3 Å². The van der Waals surface area contributed by atoms with Gasteiger partial charge in [0.15, 0.2) is 0 Å². The van der Waals surface area contributed by atoms with Gasteiger partial charge in [-0.3, -0.25) is 0 Å². The summed E-state index contributed by atoms with van der Waals surface area (Å²) in [4.78, 5) is 4.13. The first-order valence-electron chi connectivity index (χ1n) is 5.05. The fourth-order valence-electron chi connectivity index (χ4n) is 1.42. The highest BCUT2D eigenvalue weighted by Crippen LogP contribution is 2.21. The second-order valence-corrected chi connectivity index (χ2v) is 3.85. The third-order valence-corrected chi connectivity index (χ3v) is 2.52. The van der Waals surface area contributed by atoms with Crippen LogP contribution in [-0.4, -0.2) is 9.55 Å². The number of nitrogens with one attached hydrogen (secondary N) is 1. The summed E-state index contributed by atoms with van der Waals surface area (Å²) in [5, 5.41) is 3.11. The first-order valence-corrected chi connectivity index (χ1v) is 5.42. The molecule has 5 heteroatoms. The smallest absolute Gasteiger partial charge is 0.207 e. The topological polar surface area (TPSA) is 29.9 Å². The van der Waals surface area contributed by atoms with E-state index in [-0.39, 0.29) is 5.02 Å². The first kappa shape index (κ1) is 11.7. The second kappa shape index (κ2) is 5.01. The van der Waals surface area contributed by atoms with Crippen molar-refractivity contribution < 1.29 is 4.39 Å². The highest BCUT2D eigenvalue weighted by Gasteiger charge is 2.04. The van der Waals surface area contributed by atoms with Crippen LogP contribution < -0.4 is 5.32 Å². The maximum Gasteiger partial charge on any atom is 0.207 e.